The molecule has 0 atom stereocenters. The van der Waals surface area contributed by atoms with Crippen molar-refractivity contribution in [2.45, 2.75) is 32.7 Å². The lowest BCUT2D eigenvalue weighted by Crippen LogP contribution is -2.10. The number of rotatable bonds is 5. The third kappa shape index (κ3) is 2.78. The van der Waals surface area contributed by atoms with Crippen LogP contribution < -0.4 is 5.32 Å². The topological polar surface area (TPSA) is 24.9 Å². The molecule has 1 N–H and O–H groups in total. The van der Waals surface area contributed by atoms with Gasteiger partial charge in [-0.1, -0.05) is 6.92 Å². The van der Waals surface area contributed by atoms with E-state index in [1.165, 1.54) is 29.1 Å². The van der Waals surface area contributed by atoms with E-state index in [2.05, 4.69) is 17.2 Å². The van der Waals surface area contributed by atoms with Crippen molar-refractivity contribution >= 4 is 11.3 Å². The van der Waals surface area contributed by atoms with Crippen molar-refractivity contribution in [1.82, 2.24) is 10.3 Å². The second-order valence-corrected chi connectivity index (χ2v) is 4.85. The molecule has 0 bridgehead atoms. The fourth-order valence-corrected chi connectivity index (χ4v) is 2.35. The van der Waals surface area contributed by atoms with Crippen LogP contribution >= 0.6 is 11.3 Å². The zero-order valence-electron chi connectivity index (χ0n) is 8.05. The Balaban J connectivity index is 1.84. The summed E-state index contributed by atoms with van der Waals surface area (Å²) in [6, 6.07) is 0. The predicted molar refractivity (Wildman–Crippen MR) is 55.9 cm³/mol. The SMILES string of the molecule is CCNCc1cnc(CC2CC2)s1. The molecule has 0 aliphatic heterocycles. The van der Waals surface area contributed by atoms with E-state index in [-0.39, 0.29) is 0 Å². The van der Waals surface area contributed by atoms with Gasteiger partial charge in [0.25, 0.3) is 0 Å². The van der Waals surface area contributed by atoms with Crippen LogP contribution in [0.4, 0.5) is 0 Å². The van der Waals surface area contributed by atoms with Gasteiger partial charge in [-0.25, -0.2) is 4.98 Å². The van der Waals surface area contributed by atoms with Crippen molar-refractivity contribution in [3.05, 3.63) is 16.1 Å². The summed E-state index contributed by atoms with van der Waals surface area (Å²) >= 11 is 1.87. The summed E-state index contributed by atoms with van der Waals surface area (Å²) < 4.78 is 0. The number of hydrogen-bond donors (Lipinski definition) is 1. The molecule has 0 spiro atoms. The van der Waals surface area contributed by atoms with E-state index in [4.69, 9.17) is 0 Å². The predicted octanol–water partition coefficient (Wildman–Crippen LogP) is 2.21. The summed E-state index contributed by atoms with van der Waals surface area (Å²) in [4.78, 5) is 5.80. The first-order valence-electron chi connectivity index (χ1n) is 5.02. The van der Waals surface area contributed by atoms with Crippen LogP contribution in [0.5, 0.6) is 0 Å². The standard InChI is InChI=1S/C10H16N2S/c1-2-11-6-9-7-12-10(13-9)5-8-3-4-8/h7-8,11H,2-6H2,1H3. The molecule has 0 saturated heterocycles. The summed E-state index contributed by atoms with van der Waals surface area (Å²) in [5.74, 6) is 0.957. The molecule has 72 valence electrons. The van der Waals surface area contributed by atoms with Gasteiger partial charge in [-0.3, -0.25) is 0 Å². The largest absolute Gasteiger partial charge is 0.312 e. The number of nitrogens with one attached hydrogen (secondary N) is 1. The minimum absolute atomic E-state index is 0.957. The molecular weight excluding hydrogens is 180 g/mol. The highest BCUT2D eigenvalue weighted by Crippen LogP contribution is 2.33. The lowest BCUT2D eigenvalue weighted by molar-refractivity contribution is 0.734. The summed E-state index contributed by atoms with van der Waals surface area (Å²) in [6.45, 7) is 4.15. The molecular formula is C10H16N2S. The molecule has 1 fully saturated rings. The summed E-state index contributed by atoms with van der Waals surface area (Å²) in [5, 5.41) is 4.65. The van der Waals surface area contributed by atoms with Crippen LogP contribution in [-0.4, -0.2) is 11.5 Å². The van der Waals surface area contributed by atoms with Crippen molar-refractivity contribution in [3.63, 3.8) is 0 Å². The lowest BCUT2D eigenvalue weighted by Gasteiger charge is -1.95. The van der Waals surface area contributed by atoms with E-state index in [0.29, 0.717) is 0 Å². The molecule has 0 unspecified atom stereocenters. The highest BCUT2D eigenvalue weighted by molar-refractivity contribution is 7.11. The Kier molecular flexibility index (Phi) is 2.96. The smallest absolute Gasteiger partial charge is 0.0930 e. The van der Waals surface area contributed by atoms with Crippen molar-refractivity contribution in [3.8, 4) is 0 Å². The Labute approximate surface area is 83.4 Å². The minimum atomic E-state index is 0.957. The van der Waals surface area contributed by atoms with Crippen molar-refractivity contribution in [2.75, 3.05) is 6.54 Å². The van der Waals surface area contributed by atoms with Crippen LogP contribution in [-0.2, 0) is 13.0 Å². The molecule has 1 aliphatic carbocycles. The van der Waals surface area contributed by atoms with Crippen LogP contribution in [0.1, 0.15) is 29.7 Å². The zero-order chi connectivity index (χ0) is 9.10. The maximum absolute atomic E-state index is 4.43. The van der Waals surface area contributed by atoms with Gasteiger partial charge in [0.1, 0.15) is 0 Å². The Morgan fingerprint density at radius 2 is 2.46 bits per heavy atom. The molecule has 1 aromatic rings. The average Bonchev–Trinajstić information content (AvgIpc) is 2.81. The number of thiazole rings is 1. The van der Waals surface area contributed by atoms with Gasteiger partial charge in [0, 0.05) is 24.0 Å². The summed E-state index contributed by atoms with van der Waals surface area (Å²) in [5.41, 5.74) is 0. The molecule has 3 heteroatoms. The average molecular weight is 196 g/mol. The van der Waals surface area contributed by atoms with Gasteiger partial charge in [0.05, 0.1) is 5.01 Å². The maximum Gasteiger partial charge on any atom is 0.0930 e. The minimum Gasteiger partial charge on any atom is -0.312 e. The monoisotopic (exact) mass is 196 g/mol. The van der Waals surface area contributed by atoms with E-state index in [0.717, 1.165) is 19.0 Å². The first-order chi connectivity index (χ1) is 6.38. The van der Waals surface area contributed by atoms with Gasteiger partial charge < -0.3 is 5.32 Å². The number of aromatic nitrogens is 1. The highest BCUT2D eigenvalue weighted by atomic mass is 32.1. The molecule has 0 radical (unpaired) electrons. The fourth-order valence-electron chi connectivity index (χ4n) is 1.34. The van der Waals surface area contributed by atoms with Crippen LogP contribution in [0, 0.1) is 5.92 Å². The molecule has 1 aromatic heterocycles. The van der Waals surface area contributed by atoms with Crippen LogP contribution in [0.3, 0.4) is 0 Å². The van der Waals surface area contributed by atoms with Gasteiger partial charge in [-0.15, -0.1) is 11.3 Å². The van der Waals surface area contributed by atoms with E-state index >= 15 is 0 Å². The van der Waals surface area contributed by atoms with Crippen LogP contribution in [0.15, 0.2) is 6.20 Å². The van der Waals surface area contributed by atoms with Gasteiger partial charge in [0.15, 0.2) is 0 Å². The molecule has 2 nitrogen and oxygen atoms in total. The molecule has 1 saturated carbocycles. The molecule has 1 heterocycles. The first kappa shape index (κ1) is 9.16. The van der Waals surface area contributed by atoms with Gasteiger partial charge in [-0.05, 0) is 25.3 Å². The first-order valence-corrected chi connectivity index (χ1v) is 5.84. The second kappa shape index (κ2) is 4.20. The third-order valence-corrected chi connectivity index (χ3v) is 3.33. The normalized spacial score (nSPS) is 16.4. The molecule has 1 aliphatic rings. The van der Waals surface area contributed by atoms with Crippen LogP contribution in [0.2, 0.25) is 0 Å². The molecule has 13 heavy (non-hydrogen) atoms. The van der Waals surface area contributed by atoms with E-state index in [1.54, 1.807) is 0 Å². The van der Waals surface area contributed by atoms with E-state index in [9.17, 15) is 0 Å². The highest BCUT2D eigenvalue weighted by Gasteiger charge is 2.22. The third-order valence-electron chi connectivity index (χ3n) is 2.31. The van der Waals surface area contributed by atoms with Gasteiger partial charge >= 0.3 is 0 Å². The maximum atomic E-state index is 4.43. The van der Waals surface area contributed by atoms with Gasteiger partial charge in [-0.2, -0.15) is 0 Å². The Hall–Kier alpha value is -0.410. The van der Waals surface area contributed by atoms with Gasteiger partial charge in [0.2, 0.25) is 0 Å². The van der Waals surface area contributed by atoms with Crippen LogP contribution in [0.25, 0.3) is 0 Å². The quantitative estimate of drug-likeness (QED) is 0.781. The Bertz CT molecular complexity index is 266. The summed E-state index contributed by atoms with van der Waals surface area (Å²) in [7, 11) is 0. The Morgan fingerprint density at radius 3 is 3.15 bits per heavy atom. The van der Waals surface area contributed by atoms with E-state index in [1.807, 2.05) is 17.5 Å². The lowest BCUT2D eigenvalue weighted by atomic mass is 10.3. The molecule has 0 aromatic carbocycles. The van der Waals surface area contributed by atoms with Crippen molar-refractivity contribution < 1.29 is 0 Å². The van der Waals surface area contributed by atoms with Crippen molar-refractivity contribution in [2.24, 2.45) is 5.92 Å². The number of nitrogens with zero attached hydrogens (tertiary/aromatic N) is 1. The zero-order valence-corrected chi connectivity index (χ0v) is 8.86. The summed E-state index contributed by atoms with van der Waals surface area (Å²) in [6.07, 6.45) is 6.08. The fraction of sp³-hybridized carbons (Fsp3) is 0.700. The molecule has 0 amide bonds. The number of hydrogen-bond acceptors (Lipinski definition) is 3. The molecule has 2 rings (SSSR count). The van der Waals surface area contributed by atoms with E-state index < -0.39 is 0 Å². The second-order valence-electron chi connectivity index (χ2n) is 3.65. The van der Waals surface area contributed by atoms with Crippen molar-refractivity contribution in [1.29, 1.82) is 0 Å². The Morgan fingerprint density at radius 1 is 1.62 bits per heavy atom.